The zero-order valence-corrected chi connectivity index (χ0v) is 8.98. The molecular formula is C7H16FO3P. The first-order chi connectivity index (χ1) is 4.96. The van der Waals surface area contributed by atoms with Crippen molar-refractivity contribution in [3.05, 3.63) is 0 Å². The molecule has 0 amide bonds. The average Bonchev–Trinajstić information content (AvgIpc) is 1.52. The van der Waals surface area contributed by atoms with Gasteiger partial charge in [0, 0.05) is 0 Å². The number of hydrogen-bond acceptors (Lipinski definition) is 2. The summed E-state index contributed by atoms with van der Waals surface area (Å²) >= 11 is 0. The Hall–Kier alpha value is 0.0800. The van der Waals surface area contributed by atoms with E-state index in [1.165, 1.54) is 0 Å². The predicted molar refractivity (Wildman–Crippen MR) is 45.6 cm³/mol. The molecule has 12 heavy (non-hydrogen) atoms. The van der Waals surface area contributed by atoms with Crippen molar-refractivity contribution >= 4 is 7.91 Å². The van der Waals surface area contributed by atoms with Gasteiger partial charge in [-0.1, -0.05) is 20.8 Å². The van der Waals surface area contributed by atoms with E-state index in [-0.39, 0.29) is 0 Å². The molecule has 0 aliphatic heterocycles. The van der Waals surface area contributed by atoms with Crippen LogP contribution >= 0.6 is 7.91 Å². The molecule has 5 heteroatoms. The molecule has 0 spiro atoms. The lowest BCUT2D eigenvalue weighted by Crippen LogP contribution is -2.38. The Morgan fingerprint density at radius 2 is 1.58 bits per heavy atom. The molecule has 0 aromatic carbocycles. The second-order valence-corrected chi connectivity index (χ2v) is 5.39. The number of rotatable bonds is 2. The normalized spacial score (nSPS) is 18.9. The highest BCUT2D eigenvalue weighted by Gasteiger charge is 2.40. The van der Waals surface area contributed by atoms with E-state index < -0.39 is 18.9 Å². The second kappa shape index (κ2) is 3.09. The summed E-state index contributed by atoms with van der Waals surface area (Å²) < 4.78 is 27.1. The van der Waals surface area contributed by atoms with Crippen molar-refractivity contribution in [2.75, 3.05) is 0 Å². The van der Waals surface area contributed by atoms with Crippen molar-refractivity contribution in [1.29, 1.82) is 0 Å². The minimum absolute atomic E-state index is 0.391. The fraction of sp³-hybridized carbons (Fsp3) is 1.00. The lowest BCUT2D eigenvalue weighted by Gasteiger charge is -2.37. The smallest absolute Gasteiger partial charge is 0.299 e. The van der Waals surface area contributed by atoms with Gasteiger partial charge >= 0.3 is 7.91 Å². The zero-order chi connectivity index (χ0) is 10.2. The van der Waals surface area contributed by atoms with Gasteiger partial charge in [-0.2, -0.15) is 0 Å². The molecule has 0 aliphatic rings. The van der Waals surface area contributed by atoms with Gasteiger partial charge in [-0.15, -0.1) is 4.20 Å². The molecule has 1 atom stereocenters. The Bertz CT molecular complexity index is 201. The van der Waals surface area contributed by atoms with Crippen molar-refractivity contribution in [2.45, 2.75) is 40.2 Å². The summed E-state index contributed by atoms with van der Waals surface area (Å²) in [5.41, 5.74) is -1.36. The van der Waals surface area contributed by atoms with Gasteiger partial charge in [0.05, 0.1) is 5.60 Å². The van der Waals surface area contributed by atoms with Crippen molar-refractivity contribution in [3.8, 4) is 0 Å². The Labute approximate surface area is 72.6 Å². The monoisotopic (exact) mass is 198 g/mol. The molecule has 0 fully saturated rings. The fourth-order valence-electron chi connectivity index (χ4n) is 0.418. The highest BCUT2D eigenvalue weighted by molar-refractivity contribution is 7.47. The van der Waals surface area contributed by atoms with Gasteiger partial charge in [-0.3, -0.25) is 9.42 Å². The standard InChI is InChI=1S/C7H16FO3P/c1-6(2,3)7(4,5)11-12(8,9)10/h1-5H3,(H,9,10). The van der Waals surface area contributed by atoms with Crippen LogP contribution in [0, 0.1) is 5.41 Å². The van der Waals surface area contributed by atoms with Crippen LogP contribution in [-0.4, -0.2) is 10.5 Å². The summed E-state index contributed by atoms with van der Waals surface area (Å²) in [6, 6.07) is 0. The lowest BCUT2D eigenvalue weighted by atomic mass is 9.79. The van der Waals surface area contributed by atoms with Gasteiger partial charge in [-0.05, 0) is 19.3 Å². The van der Waals surface area contributed by atoms with E-state index in [2.05, 4.69) is 4.52 Å². The largest absolute Gasteiger partial charge is 0.511 e. The van der Waals surface area contributed by atoms with Crippen molar-refractivity contribution < 1.29 is 18.2 Å². The lowest BCUT2D eigenvalue weighted by molar-refractivity contribution is -0.0157. The molecule has 0 rings (SSSR count). The van der Waals surface area contributed by atoms with Crippen LogP contribution in [0.25, 0.3) is 0 Å². The van der Waals surface area contributed by atoms with Crippen LogP contribution in [0.5, 0.6) is 0 Å². The molecule has 1 unspecified atom stereocenters. The molecule has 74 valence electrons. The summed E-state index contributed by atoms with van der Waals surface area (Å²) in [6.45, 7) is 8.58. The summed E-state index contributed by atoms with van der Waals surface area (Å²) in [6.07, 6.45) is 0. The van der Waals surface area contributed by atoms with Crippen LogP contribution in [0.1, 0.15) is 34.6 Å². The highest BCUT2D eigenvalue weighted by Crippen LogP contribution is 2.51. The second-order valence-electron chi connectivity index (χ2n) is 4.30. The first kappa shape index (κ1) is 12.1. The molecule has 0 saturated heterocycles. The Morgan fingerprint density at radius 1 is 1.25 bits per heavy atom. The van der Waals surface area contributed by atoms with Crippen molar-refractivity contribution in [3.63, 3.8) is 0 Å². The molecule has 3 nitrogen and oxygen atoms in total. The third-order valence-electron chi connectivity index (χ3n) is 2.15. The summed E-state index contributed by atoms with van der Waals surface area (Å²) in [5, 5.41) is 0. The summed E-state index contributed by atoms with van der Waals surface area (Å²) in [7, 11) is -4.88. The molecule has 0 aliphatic carbocycles. The van der Waals surface area contributed by atoms with Gasteiger partial charge in [0.25, 0.3) is 0 Å². The van der Waals surface area contributed by atoms with E-state index in [1.807, 2.05) is 20.8 Å². The summed E-state index contributed by atoms with van der Waals surface area (Å²) in [4.78, 5) is 8.38. The number of hydrogen-bond donors (Lipinski definition) is 1. The predicted octanol–water partition coefficient (Wildman–Crippen LogP) is 2.90. The van der Waals surface area contributed by atoms with Crippen LogP contribution in [0.2, 0.25) is 0 Å². The quantitative estimate of drug-likeness (QED) is 0.694. The molecule has 0 aromatic rings. The molecule has 1 N–H and O–H groups in total. The van der Waals surface area contributed by atoms with Gasteiger partial charge < -0.3 is 0 Å². The van der Waals surface area contributed by atoms with Gasteiger partial charge in [0.15, 0.2) is 0 Å². The topological polar surface area (TPSA) is 46.5 Å². The van der Waals surface area contributed by atoms with Gasteiger partial charge in [0.1, 0.15) is 0 Å². The van der Waals surface area contributed by atoms with Gasteiger partial charge in [-0.25, -0.2) is 4.57 Å². The van der Waals surface area contributed by atoms with Crippen molar-refractivity contribution in [1.82, 2.24) is 0 Å². The molecular weight excluding hydrogens is 182 g/mol. The molecule has 0 aromatic heterocycles. The van der Waals surface area contributed by atoms with Crippen LogP contribution in [-0.2, 0) is 9.09 Å². The Balaban J connectivity index is 4.56. The SMILES string of the molecule is CC(C)(C)C(C)(C)OP(=O)(O)F. The third-order valence-corrected chi connectivity index (χ3v) is 2.83. The van der Waals surface area contributed by atoms with E-state index in [0.29, 0.717) is 0 Å². The average molecular weight is 198 g/mol. The highest BCUT2D eigenvalue weighted by atomic mass is 31.2. The Morgan fingerprint density at radius 3 is 1.67 bits per heavy atom. The minimum atomic E-state index is -4.88. The maximum Gasteiger partial charge on any atom is 0.511 e. The molecule has 0 radical (unpaired) electrons. The minimum Gasteiger partial charge on any atom is -0.299 e. The third kappa shape index (κ3) is 3.65. The van der Waals surface area contributed by atoms with Crippen LogP contribution in [0.15, 0.2) is 0 Å². The zero-order valence-electron chi connectivity index (χ0n) is 8.09. The Kier molecular flexibility index (Phi) is 3.11. The molecule has 0 saturated carbocycles. The van der Waals surface area contributed by atoms with Gasteiger partial charge in [0.2, 0.25) is 0 Å². The van der Waals surface area contributed by atoms with E-state index in [4.69, 9.17) is 4.89 Å². The van der Waals surface area contributed by atoms with E-state index in [9.17, 15) is 8.76 Å². The first-order valence-electron chi connectivity index (χ1n) is 3.69. The maximum atomic E-state index is 12.3. The number of halogens is 1. The maximum absolute atomic E-state index is 12.3. The first-order valence-corrected chi connectivity index (χ1v) is 5.16. The molecule has 0 bridgehead atoms. The van der Waals surface area contributed by atoms with Crippen molar-refractivity contribution in [2.24, 2.45) is 5.41 Å². The summed E-state index contributed by atoms with van der Waals surface area (Å²) in [5.74, 6) is 0. The van der Waals surface area contributed by atoms with Crippen LogP contribution in [0.4, 0.5) is 4.20 Å². The van der Waals surface area contributed by atoms with E-state index in [0.717, 1.165) is 0 Å². The van der Waals surface area contributed by atoms with Crippen LogP contribution < -0.4 is 0 Å². The molecule has 0 heterocycles. The van der Waals surface area contributed by atoms with Crippen LogP contribution in [0.3, 0.4) is 0 Å². The fourth-order valence-corrected chi connectivity index (χ4v) is 1.26. The van der Waals surface area contributed by atoms with E-state index in [1.54, 1.807) is 13.8 Å². The van der Waals surface area contributed by atoms with E-state index >= 15 is 0 Å².